The van der Waals surface area contributed by atoms with Gasteiger partial charge >= 0.3 is 0 Å². The zero-order valence-corrected chi connectivity index (χ0v) is 23.3. The molecule has 2 aromatic heterocycles. The fourth-order valence-corrected chi connectivity index (χ4v) is 6.22. The van der Waals surface area contributed by atoms with Gasteiger partial charge in [-0.05, 0) is 50.8 Å². The van der Waals surface area contributed by atoms with Crippen molar-refractivity contribution in [3.63, 3.8) is 0 Å². The summed E-state index contributed by atoms with van der Waals surface area (Å²) < 4.78 is 5.81. The summed E-state index contributed by atoms with van der Waals surface area (Å²) in [6.07, 6.45) is 11.3. The molecule has 4 heterocycles. The van der Waals surface area contributed by atoms with Gasteiger partial charge in [-0.25, -0.2) is 0 Å². The Balaban J connectivity index is 0.000000158. The van der Waals surface area contributed by atoms with Crippen molar-refractivity contribution in [2.45, 2.75) is 51.6 Å². The molecule has 3 aromatic rings. The van der Waals surface area contributed by atoms with Crippen LogP contribution in [0.2, 0.25) is 5.02 Å². The van der Waals surface area contributed by atoms with E-state index in [1.54, 1.807) is 18.5 Å². The Bertz CT molecular complexity index is 1280. The molecule has 0 unspecified atom stereocenters. The minimum Gasteiger partial charge on any atom is -0.373 e. The van der Waals surface area contributed by atoms with Gasteiger partial charge in [-0.2, -0.15) is 0 Å². The minimum absolute atomic E-state index is 0.00832. The minimum atomic E-state index is -0.00832. The Labute approximate surface area is 229 Å². The highest BCUT2D eigenvalue weighted by molar-refractivity contribution is 6.32. The average molecular weight is 539 g/mol. The van der Waals surface area contributed by atoms with Crippen LogP contribution in [0.15, 0.2) is 35.6 Å². The number of aromatic amines is 1. The first-order valence-electron chi connectivity index (χ1n) is 13.8. The van der Waals surface area contributed by atoms with Gasteiger partial charge in [0.1, 0.15) is 5.84 Å². The number of ether oxygens (including phenoxy) is 1. The summed E-state index contributed by atoms with van der Waals surface area (Å²) in [4.78, 5) is 27.7. The lowest BCUT2D eigenvalue weighted by Crippen LogP contribution is -2.51. The van der Waals surface area contributed by atoms with Crippen LogP contribution in [0.1, 0.15) is 46.0 Å². The van der Waals surface area contributed by atoms with Gasteiger partial charge in [0.15, 0.2) is 0 Å². The number of halogens is 1. The van der Waals surface area contributed by atoms with Crippen LogP contribution in [0.4, 0.5) is 5.69 Å². The number of morpholine rings is 1. The first-order chi connectivity index (χ1) is 18.4. The van der Waals surface area contributed by atoms with E-state index < -0.39 is 0 Å². The van der Waals surface area contributed by atoms with E-state index in [-0.39, 0.29) is 5.60 Å². The number of aromatic nitrogens is 2. The molecule has 0 spiro atoms. The van der Waals surface area contributed by atoms with E-state index in [0.717, 1.165) is 67.1 Å². The van der Waals surface area contributed by atoms with Crippen molar-refractivity contribution >= 4 is 51.3 Å². The fraction of sp³-hybridized carbons (Fsp3) is 0.552. The number of amidine groups is 1. The van der Waals surface area contributed by atoms with Crippen LogP contribution in [-0.4, -0.2) is 83.5 Å². The van der Waals surface area contributed by atoms with Crippen LogP contribution in [0, 0.1) is 5.92 Å². The third-order valence-electron chi connectivity index (χ3n) is 7.79. The van der Waals surface area contributed by atoms with E-state index in [2.05, 4.69) is 38.9 Å². The first kappa shape index (κ1) is 26.9. The monoisotopic (exact) mass is 538 g/mol. The van der Waals surface area contributed by atoms with Gasteiger partial charge in [0.2, 0.25) is 6.41 Å². The number of carbonyl (C=O) groups is 1. The van der Waals surface area contributed by atoms with Crippen LogP contribution in [0.25, 0.3) is 21.8 Å². The van der Waals surface area contributed by atoms with Gasteiger partial charge in [-0.15, -0.1) is 0 Å². The predicted octanol–water partition coefficient (Wildman–Crippen LogP) is 5.33. The molecule has 3 aliphatic rings. The van der Waals surface area contributed by atoms with Crippen LogP contribution < -0.4 is 5.32 Å². The zero-order valence-electron chi connectivity index (χ0n) is 22.5. The predicted molar refractivity (Wildman–Crippen MR) is 155 cm³/mol. The topological polar surface area (TPSA) is 85.9 Å². The zero-order chi connectivity index (χ0) is 26.5. The van der Waals surface area contributed by atoms with E-state index in [0.29, 0.717) is 17.1 Å². The van der Waals surface area contributed by atoms with E-state index in [9.17, 15) is 4.79 Å². The van der Waals surface area contributed by atoms with Gasteiger partial charge in [-0.1, -0.05) is 30.9 Å². The molecule has 2 aliphatic heterocycles. The van der Waals surface area contributed by atoms with Crippen LogP contribution in [0.3, 0.4) is 0 Å². The summed E-state index contributed by atoms with van der Waals surface area (Å²) in [7, 11) is 0. The Hall–Kier alpha value is -2.68. The number of carbonyl (C=O) groups excluding carboxylic acids is 1. The smallest absolute Gasteiger partial charge is 0.211 e. The summed E-state index contributed by atoms with van der Waals surface area (Å²) in [5.74, 6) is 2.24. The second-order valence-corrected chi connectivity index (χ2v) is 11.7. The second-order valence-electron chi connectivity index (χ2n) is 11.3. The molecule has 6 rings (SSSR count). The number of hydrogen-bond acceptors (Lipinski definition) is 6. The lowest BCUT2D eigenvalue weighted by atomic mass is 9.89. The number of nitrogens with one attached hydrogen (secondary N) is 2. The van der Waals surface area contributed by atoms with Crippen molar-refractivity contribution in [1.29, 1.82) is 0 Å². The quantitative estimate of drug-likeness (QED) is 0.414. The van der Waals surface area contributed by atoms with Crippen molar-refractivity contribution in [3.8, 4) is 0 Å². The Kier molecular flexibility index (Phi) is 8.51. The van der Waals surface area contributed by atoms with Gasteiger partial charge in [0.05, 0.1) is 48.2 Å². The summed E-state index contributed by atoms with van der Waals surface area (Å²) in [6.45, 7) is 11.7. The molecular weight excluding hydrogens is 500 g/mol. The van der Waals surface area contributed by atoms with Crippen LogP contribution >= 0.6 is 11.6 Å². The molecule has 0 bridgehead atoms. The molecule has 38 heavy (non-hydrogen) atoms. The van der Waals surface area contributed by atoms with E-state index in [4.69, 9.17) is 21.3 Å². The standard InChI is InChI=1S/C17H31N3O.C12H8ClN3O/c1-17(2)14-19(10-11-21-17)13-16-18-8-9-20(16)12-15-6-4-3-5-7-15;13-7-3-9-8-1-2-14-5-11(8)16-12(9)10(4-7)15-6-17/h15H,3-14H2,1-2H3;1-6,16H,(H,15,17). The third-order valence-corrected chi connectivity index (χ3v) is 8.01. The maximum absolute atomic E-state index is 10.6. The summed E-state index contributed by atoms with van der Waals surface area (Å²) >= 11 is 6.03. The molecular formula is C29H39ClN6O2. The summed E-state index contributed by atoms with van der Waals surface area (Å²) in [5, 5.41) is 5.22. The number of H-pyrrole nitrogens is 1. The molecule has 1 saturated heterocycles. The molecule has 0 atom stereocenters. The van der Waals surface area contributed by atoms with E-state index in [1.165, 1.54) is 44.5 Å². The summed E-state index contributed by atoms with van der Waals surface area (Å²) in [6, 6.07) is 5.49. The van der Waals surface area contributed by atoms with Crippen molar-refractivity contribution in [1.82, 2.24) is 19.8 Å². The normalized spacial score (nSPS) is 20.3. The van der Waals surface area contributed by atoms with Crippen LogP contribution in [-0.2, 0) is 9.53 Å². The lowest BCUT2D eigenvalue weighted by molar-refractivity contribution is -0.105. The molecule has 2 fully saturated rings. The number of aliphatic imine (C=N–C) groups is 1. The fourth-order valence-electron chi connectivity index (χ4n) is 6.00. The highest BCUT2D eigenvalue weighted by atomic mass is 35.5. The molecule has 8 nitrogen and oxygen atoms in total. The molecule has 1 saturated carbocycles. The number of benzene rings is 1. The van der Waals surface area contributed by atoms with E-state index >= 15 is 0 Å². The highest BCUT2D eigenvalue weighted by Gasteiger charge is 2.30. The van der Waals surface area contributed by atoms with Gasteiger partial charge in [0.25, 0.3) is 0 Å². The Morgan fingerprint density at radius 1 is 1.21 bits per heavy atom. The molecule has 0 radical (unpaired) electrons. The molecule has 1 aromatic carbocycles. The maximum atomic E-state index is 10.6. The molecule has 2 N–H and O–H groups in total. The summed E-state index contributed by atoms with van der Waals surface area (Å²) in [5.41, 5.74) is 2.42. The highest BCUT2D eigenvalue weighted by Crippen LogP contribution is 2.32. The number of anilines is 1. The number of amides is 1. The number of fused-ring (bicyclic) bond motifs is 3. The maximum Gasteiger partial charge on any atom is 0.211 e. The van der Waals surface area contributed by atoms with Gasteiger partial charge < -0.3 is 19.9 Å². The largest absolute Gasteiger partial charge is 0.373 e. The number of nitrogens with zero attached hydrogens (tertiary/aromatic N) is 4. The second kappa shape index (κ2) is 12.0. The number of rotatable bonds is 6. The Morgan fingerprint density at radius 3 is 2.84 bits per heavy atom. The molecule has 1 amide bonds. The SMILES string of the molecule is CC1(C)CN(CC2=NCCN2CC2CCCCC2)CCO1.O=CNc1cc(Cl)cc2c1[nH]c1cnccc12. The molecule has 9 heteroatoms. The molecule has 1 aliphatic carbocycles. The van der Waals surface area contributed by atoms with Gasteiger partial charge in [0, 0.05) is 48.2 Å². The van der Waals surface area contributed by atoms with Gasteiger partial charge in [-0.3, -0.25) is 19.7 Å². The lowest BCUT2D eigenvalue weighted by Gasteiger charge is -2.39. The number of hydrogen-bond donors (Lipinski definition) is 2. The first-order valence-corrected chi connectivity index (χ1v) is 14.2. The Morgan fingerprint density at radius 2 is 2.05 bits per heavy atom. The van der Waals surface area contributed by atoms with Crippen molar-refractivity contribution < 1.29 is 9.53 Å². The van der Waals surface area contributed by atoms with Crippen molar-refractivity contribution in [3.05, 3.63) is 35.6 Å². The number of pyridine rings is 1. The van der Waals surface area contributed by atoms with Crippen molar-refractivity contribution in [2.24, 2.45) is 10.9 Å². The molecule has 204 valence electrons. The third kappa shape index (κ3) is 6.47. The van der Waals surface area contributed by atoms with E-state index in [1.807, 2.05) is 12.1 Å². The van der Waals surface area contributed by atoms with Crippen LogP contribution in [0.5, 0.6) is 0 Å². The van der Waals surface area contributed by atoms with Crippen molar-refractivity contribution in [2.75, 3.05) is 51.2 Å². The average Bonchev–Trinajstić information content (AvgIpc) is 3.49.